The third-order valence-electron chi connectivity index (χ3n) is 8.57. The number of carbonyl (C=O) groups excluding carboxylic acids is 1. The zero-order valence-corrected chi connectivity index (χ0v) is 22.8. The fourth-order valence-corrected chi connectivity index (χ4v) is 8.06. The van der Waals surface area contributed by atoms with Crippen molar-refractivity contribution in [2.45, 2.75) is 61.7 Å². The van der Waals surface area contributed by atoms with Gasteiger partial charge >= 0.3 is 6.03 Å². The second kappa shape index (κ2) is 10.9. The van der Waals surface area contributed by atoms with E-state index in [9.17, 15) is 17.6 Å². The number of hydrogen-bond donors (Lipinski definition) is 1. The van der Waals surface area contributed by atoms with Crippen LogP contribution in [-0.4, -0.2) is 72.9 Å². The van der Waals surface area contributed by atoms with Crippen LogP contribution in [0.25, 0.3) is 10.8 Å². The molecule has 2 amide bonds. The highest BCUT2D eigenvalue weighted by atomic mass is 32.2. The van der Waals surface area contributed by atoms with E-state index in [0.29, 0.717) is 49.6 Å². The van der Waals surface area contributed by atoms with Crippen LogP contribution >= 0.6 is 0 Å². The van der Waals surface area contributed by atoms with Gasteiger partial charge in [-0.25, -0.2) is 17.6 Å². The Morgan fingerprint density at radius 1 is 0.872 bits per heavy atom. The van der Waals surface area contributed by atoms with Crippen molar-refractivity contribution in [2.24, 2.45) is 0 Å². The molecular weight excluding hydrogens is 515 g/mol. The molecule has 3 aromatic carbocycles. The Bertz CT molecular complexity index is 1440. The van der Waals surface area contributed by atoms with Crippen LogP contribution in [0.3, 0.4) is 0 Å². The molecule has 206 valence electrons. The maximum Gasteiger partial charge on any atom is 0.317 e. The smallest absolute Gasteiger partial charge is 0.317 e. The first-order valence-corrected chi connectivity index (χ1v) is 15.4. The number of halogens is 1. The topological polar surface area (TPSA) is 73.0 Å². The second-order valence-electron chi connectivity index (χ2n) is 11.1. The van der Waals surface area contributed by atoms with Crippen LogP contribution in [0.5, 0.6) is 0 Å². The van der Waals surface area contributed by atoms with E-state index in [1.165, 1.54) is 15.9 Å². The molecule has 0 saturated carbocycles. The van der Waals surface area contributed by atoms with Gasteiger partial charge in [-0.3, -0.25) is 4.90 Å². The monoisotopic (exact) mass is 550 g/mol. The summed E-state index contributed by atoms with van der Waals surface area (Å²) in [4.78, 5) is 17.8. The van der Waals surface area contributed by atoms with E-state index < -0.39 is 10.0 Å². The summed E-state index contributed by atoms with van der Waals surface area (Å²) < 4.78 is 41.1. The third kappa shape index (κ3) is 5.53. The molecule has 3 heterocycles. The molecule has 3 aromatic rings. The van der Waals surface area contributed by atoms with Gasteiger partial charge in [0.25, 0.3) is 0 Å². The molecule has 39 heavy (non-hydrogen) atoms. The Hall–Kier alpha value is -3.01. The first kappa shape index (κ1) is 26.2. The van der Waals surface area contributed by atoms with E-state index >= 15 is 0 Å². The van der Waals surface area contributed by atoms with Gasteiger partial charge in [-0.2, -0.15) is 4.31 Å². The molecule has 3 aliphatic rings. The van der Waals surface area contributed by atoms with E-state index in [1.807, 2.05) is 12.1 Å². The van der Waals surface area contributed by atoms with Crippen molar-refractivity contribution in [1.82, 2.24) is 19.4 Å². The number of urea groups is 1. The van der Waals surface area contributed by atoms with Crippen molar-refractivity contribution >= 4 is 26.8 Å². The zero-order chi connectivity index (χ0) is 27.0. The highest BCUT2D eigenvalue weighted by Crippen LogP contribution is 2.37. The number of carbonyl (C=O) groups is 1. The summed E-state index contributed by atoms with van der Waals surface area (Å²) in [7, 11) is -3.56. The summed E-state index contributed by atoms with van der Waals surface area (Å²) >= 11 is 0. The molecule has 3 fully saturated rings. The van der Waals surface area contributed by atoms with Crippen molar-refractivity contribution < 1.29 is 17.6 Å². The van der Waals surface area contributed by atoms with Crippen LogP contribution in [-0.2, 0) is 16.6 Å². The molecule has 3 aliphatic heterocycles. The van der Waals surface area contributed by atoms with Crippen molar-refractivity contribution in [2.75, 3.05) is 26.2 Å². The number of benzene rings is 3. The van der Waals surface area contributed by atoms with Gasteiger partial charge in [0.2, 0.25) is 10.0 Å². The Kier molecular flexibility index (Phi) is 7.31. The van der Waals surface area contributed by atoms with E-state index in [1.54, 1.807) is 41.3 Å². The van der Waals surface area contributed by atoms with Crippen LogP contribution in [0.2, 0.25) is 0 Å². The Balaban J connectivity index is 1.04. The van der Waals surface area contributed by atoms with Gasteiger partial charge in [0, 0.05) is 50.8 Å². The number of nitrogens with one attached hydrogen (secondary N) is 1. The molecule has 3 saturated heterocycles. The zero-order valence-electron chi connectivity index (χ0n) is 22.0. The maximum absolute atomic E-state index is 13.5. The first-order chi connectivity index (χ1) is 18.9. The Labute approximate surface area is 229 Å². The lowest BCUT2D eigenvalue weighted by Crippen LogP contribution is -2.53. The molecular formula is C30H35FN4O3S. The van der Waals surface area contributed by atoms with Gasteiger partial charge in [0.1, 0.15) is 5.82 Å². The van der Waals surface area contributed by atoms with Gasteiger partial charge in [-0.05, 0) is 78.8 Å². The summed E-state index contributed by atoms with van der Waals surface area (Å²) in [5, 5.41) is 5.24. The summed E-state index contributed by atoms with van der Waals surface area (Å²) in [6.07, 6.45) is 4.71. The standard InChI is InChI=1S/C30H35FN4O3S/c31-25-10-9-23-17-22(7-8-24(23)18-25)21-35-27-11-12-28(35)20-26(19-27)32-30(36)33-13-4-14-34(16-15-33)39(37,38)29-5-2-1-3-6-29/h1-3,5-10,17-18,26-28H,4,11-16,19-21H2,(H,32,36)/t26?,27-,28+. The van der Waals surface area contributed by atoms with Gasteiger partial charge < -0.3 is 10.2 Å². The van der Waals surface area contributed by atoms with E-state index in [4.69, 9.17) is 0 Å². The van der Waals surface area contributed by atoms with Gasteiger partial charge in [-0.15, -0.1) is 0 Å². The number of sulfonamides is 1. The van der Waals surface area contributed by atoms with Gasteiger partial charge in [0.05, 0.1) is 4.90 Å². The number of amides is 2. The van der Waals surface area contributed by atoms with Crippen molar-refractivity contribution in [3.05, 3.63) is 78.1 Å². The molecule has 0 radical (unpaired) electrons. The summed E-state index contributed by atoms with van der Waals surface area (Å²) in [5.41, 5.74) is 1.23. The summed E-state index contributed by atoms with van der Waals surface area (Å²) in [6.45, 7) is 2.50. The molecule has 6 rings (SSSR count). The molecule has 9 heteroatoms. The Morgan fingerprint density at radius 3 is 2.36 bits per heavy atom. The lowest BCUT2D eigenvalue weighted by Gasteiger charge is -2.39. The minimum absolute atomic E-state index is 0.0893. The predicted octanol–water partition coefficient (Wildman–Crippen LogP) is 4.58. The highest BCUT2D eigenvalue weighted by molar-refractivity contribution is 7.89. The Morgan fingerprint density at radius 2 is 1.59 bits per heavy atom. The largest absolute Gasteiger partial charge is 0.335 e. The van der Waals surface area contributed by atoms with Crippen molar-refractivity contribution in [1.29, 1.82) is 0 Å². The number of hydrogen-bond acceptors (Lipinski definition) is 4. The third-order valence-corrected chi connectivity index (χ3v) is 10.5. The van der Waals surface area contributed by atoms with Crippen LogP contribution in [0.1, 0.15) is 37.7 Å². The van der Waals surface area contributed by atoms with E-state index in [0.717, 1.165) is 43.0 Å². The van der Waals surface area contributed by atoms with Gasteiger partial charge in [0.15, 0.2) is 0 Å². The summed E-state index contributed by atoms with van der Waals surface area (Å²) in [6, 6.07) is 20.5. The minimum Gasteiger partial charge on any atom is -0.335 e. The second-order valence-corrected chi connectivity index (χ2v) is 13.0. The number of rotatable bonds is 5. The average molecular weight is 551 g/mol. The fourth-order valence-electron chi connectivity index (χ4n) is 6.57. The molecule has 0 spiro atoms. The normalized spacial score (nSPS) is 24.5. The van der Waals surface area contributed by atoms with Crippen molar-refractivity contribution in [3.63, 3.8) is 0 Å². The van der Waals surface area contributed by atoms with E-state index in [2.05, 4.69) is 22.3 Å². The quantitative estimate of drug-likeness (QED) is 0.505. The SMILES string of the molecule is O=C(NC1C[C@H]2CC[C@@H](C1)N2Cc1ccc2cc(F)ccc2c1)N1CCCN(S(=O)(=O)c2ccccc2)CC1. The maximum atomic E-state index is 13.5. The van der Waals surface area contributed by atoms with Crippen LogP contribution in [0.4, 0.5) is 9.18 Å². The molecule has 0 aromatic heterocycles. The number of nitrogens with zero attached hydrogens (tertiary/aromatic N) is 3. The lowest BCUT2D eigenvalue weighted by molar-refractivity contribution is 0.108. The van der Waals surface area contributed by atoms with Crippen LogP contribution in [0, 0.1) is 5.82 Å². The van der Waals surface area contributed by atoms with Gasteiger partial charge in [-0.1, -0.05) is 36.4 Å². The van der Waals surface area contributed by atoms with Crippen LogP contribution in [0.15, 0.2) is 71.6 Å². The molecule has 3 atom stereocenters. The average Bonchev–Trinajstić information content (AvgIpc) is 3.12. The molecule has 0 aliphatic carbocycles. The number of fused-ring (bicyclic) bond motifs is 3. The van der Waals surface area contributed by atoms with E-state index in [-0.39, 0.29) is 17.9 Å². The molecule has 2 bridgehead atoms. The fraction of sp³-hybridized carbons (Fsp3) is 0.433. The molecule has 1 unspecified atom stereocenters. The minimum atomic E-state index is -3.56. The molecule has 7 nitrogen and oxygen atoms in total. The highest BCUT2D eigenvalue weighted by Gasteiger charge is 2.41. The first-order valence-electron chi connectivity index (χ1n) is 13.9. The lowest BCUT2D eigenvalue weighted by atomic mass is 9.96. The summed E-state index contributed by atoms with van der Waals surface area (Å²) in [5.74, 6) is -0.216. The molecule has 1 N–H and O–H groups in total. The predicted molar refractivity (Wildman–Crippen MR) is 149 cm³/mol. The van der Waals surface area contributed by atoms with Crippen molar-refractivity contribution in [3.8, 4) is 0 Å². The van der Waals surface area contributed by atoms with Crippen LogP contribution < -0.4 is 5.32 Å². The number of piperidine rings is 1.